The smallest absolute Gasteiger partial charge is 0.113 e. The molecule has 0 spiro atoms. The van der Waals surface area contributed by atoms with E-state index in [1.807, 2.05) is 37.3 Å². The lowest BCUT2D eigenvalue weighted by atomic mass is 10.1. The molecule has 110 valence electrons. The number of aromatic nitrogens is 1. The van der Waals surface area contributed by atoms with Crippen LogP contribution in [0.1, 0.15) is 6.92 Å². The predicted molar refractivity (Wildman–Crippen MR) is 83.2 cm³/mol. The number of nitrogens with zero attached hydrogens (tertiary/aromatic N) is 1. The van der Waals surface area contributed by atoms with Crippen LogP contribution < -0.4 is 0 Å². The highest BCUT2D eigenvalue weighted by Gasteiger charge is 2.24. The quantitative estimate of drug-likeness (QED) is 0.625. The zero-order valence-electron chi connectivity index (χ0n) is 11.6. The van der Waals surface area contributed by atoms with Gasteiger partial charge in [0.05, 0.1) is 18.6 Å². The van der Waals surface area contributed by atoms with Crippen molar-refractivity contribution >= 4 is 23.2 Å². The predicted octanol–water partition coefficient (Wildman–Crippen LogP) is 3.79. The Balaban J connectivity index is 0.000000276. The molecule has 2 atom stereocenters. The van der Waals surface area contributed by atoms with Gasteiger partial charge in [0.15, 0.2) is 0 Å². The summed E-state index contributed by atoms with van der Waals surface area (Å²) < 4.78 is 10.4. The van der Waals surface area contributed by atoms with Crippen molar-refractivity contribution in [2.75, 3.05) is 20.3 Å². The molecule has 2 unspecified atom stereocenters. The number of hydrogen-bond donors (Lipinski definition) is 0. The van der Waals surface area contributed by atoms with Crippen LogP contribution in [0.5, 0.6) is 0 Å². The van der Waals surface area contributed by atoms with Gasteiger partial charge in [-0.05, 0) is 25.1 Å². The lowest BCUT2D eigenvalue weighted by Crippen LogP contribution is -2.27. The fourth-order valence-electron chi connectivity index (χ4n) is 1.58. The number of rotatable bonds is 4. The summed E-state index contributed by atoms with van der Waals surface area (Å²) in [5, 5.41) is 0.463. The topological polar surface area (TPSA) is 31.4 Å². The van der Waals surface area contributed by atoms with Crippen LogP contribution in [0.25, 0.3) is 0 Å². The summed E-state index contributed by atoms with van der Waals surface area (Å²) in [6.07, 6.45) is 7.07. The van der Waals surface area contributed by atoms with Gasteiger partial charge < -0.3 is 9.47 Å². The van der Waals surface area contributed by atoms with Crippen LogP contribution in [0.15, 0.2) is 53.4 Å². The van der Waals surface area contributed by atoms with Crippen LogP contribution in [0, 0.1) is 0 Å². The van der Waals surface area contributed by atoms with Gasteiger partial charge in [0, 0.05) is 24.5 Å². The van der Waals surface area contributed by atoms with Crippen molar-refractivity contribution in [1.29, 1.82) is 0 Å². The third-order valence-corrected chi connectivity index (χ3v) is 3.18. The van der Waals surface area contributed by atoms with Crippen molar-refractivity contribution in [3.8, 4) is 0 Å². The zero-order chi connectivity index (χ0) is 14.8. The minimum absolute atomic E-state index is 0.190. The minimum Gasteiger partial charge on any atom is -0.382 e. The zero-order valence-corrected chi connectivity index (χ0v) is 13.1. The molecule has 1 aliphatic carbocycles. The Kier molecular flexibility index (Phi) is 8.54. The highest BCUT2D eigenvalue weighted by atomic mass is 35.5. The van der Waals surface area contributed by atoms with E-state index in [-0.39, 0.29) is 11.5 Å². The van der Waals surface area contributed by atoms with Crippen molar-refractivity contribution in [3.05, 3.63) is 53.4 Å². The molecule has 1 heterocycles. The summed E-state index contributed by atoms with van der Waals surface area (Å²) in [4.78, 5) is 3.78. The molecule has 0 saturated carbocycles. The maximum atomic E-state index is 6.08. The summed E-state index contributed by atoms with van der Waals surface area (Å²) in [6.45, 7) is 3.01. The molecular formula is C15H19Cl2NO2. The standard InChI is InChI=1S/C10H14Cl2O2.C5H5N/c1-7-5-8(11)10(9(12)6-7)14-4-3-13-2;1-2-4-6-5-3-1/h5-6,8,10H,3-4H2,1-2H3;1-5H. The summed E-state index contributed by atoms with van der Waals surface area (Å²) >= 11 is 12.1. The molecule has 20 heavy (non-hydrogen) atoms. The first-order chi connectivity index (χ1) is 9.65. The Bertz CT molecular complexity index is 408. The molecule has 0 saturated heterocycles. The molecule has 3 nitrogen and oxygen atoms in total. The van der Waals surface area contributed by atoms with Gasteiger partial charge in [-0.1, -0.05) is 29.3 Å². The highest BCUT2D eigenvalue weighted by Crippen LogP contribution is 2.27. The molecule has 0 aromatic carbocycles. The highest BCUT2D eigenvalue weighted by molar-refractivity contribution is 6.32. The molecule has 1 aromatic heterocycles. The maximum absolute atomic E-state index is 6.08. The lowest BCUT2D eigenvalue weighted by molar-refractivity contribution is 0.0398. The molecule has 0 radical (unpaired) electrons. The lowest BCUT2D eigenvalue weighted by Gasteiger charge is -2.23. The van der Waals surface area contributed by atoms with E-state index in [4.69, 9.17) is 32.7 Å². The van der Waals surface area contributed by atoms with Crippen LogP contribution in [0.2, 0.25) is 0 Å². The Morgan fingerprint density at radius 1 is 1.20 bits per heavy atom. The van der Waals surface area contributed by atoms with Gasteiger partial charge in [0.25, 0.3) is 0 Å². The number of ether oxygens (including phenoxy) is 2. The summed E-state index contributed by atoms with van der Waals surface area (Å²) in [6, 6.07) is 5.72. The Labute approximate surface area is 130 Å². The fourth-order valence-corrected chi connectivity index (χ4v) is 2.42. The fraction of sp³-hybridized carbons (Fsp3) is 0.400. The average Bonchev–Trinajstić information content (AvgIpc) is 2.44. The second kappa shape index (κ2) is 9.94. The van der Waals surface area contributed by atoms with Gasteiger partial charge in [-0.25, -0.2) is 0 Å². The van der Waals surface area contributed by atoms with Crippen LogP contribution in [0.4, 0.5) is 0 Å². The van der Waals surface area contributed by atoms with Crippen molar-refractivity contribution < 1.29 is 9.47 Å². The number of pyridine rings is 1. The number of alkyl halides is 1. The van der Waals surface area contributed by atoms with Crippen molar-refractivity contribution in [2.45, 2.75) is 18.4 Å². The van der Waals surface area contributed by atoms with Crippen molar-refractivity contribution in [1.82, 2.24) is 4.98 Å². The summed E-state index contributed by atoms with van der Waals surface area (Å²) in [5.41, 5.74) is 1.07. The molecule has 0 fully saturated rings. The van der Waals surface area contributed by atoms with Gasteiger partial charge in [-0.15, -0.1) is 11.6 Å². The number of hydrogen-bond acceptors (Lipinski definition) is 3. The van der Waals surface area contributed by atoms with Crippen LogP contribution >= 0.6 is 23.2 Å². The van der Waals surface area contributed by atoms with Gasteiger partial charge >= 0.3 is 0 Å². The molecule has 1 aliphatic rings. The first-order valence-corrected chi connectivity index (χ1v) is 7.11. The molecule has 0 N–H and O–H groups in total. The van der Waals surface area contributed by atoms with Crippen LogP contribution in [-0.4, -0.2) is 36.8 Å². The van der Waals surface area contributed by atoms with Gasteiger partial charge in [0.2, 0.25) is 0 Å². The first kappa shape index (κ1) is 17.2. The molecule has 2 rings (SSSR count). The van der Waals surface area contributed by atoms with E-state index in [0.29, 0.717) is 18.2 Å². The minimum atomic E-state index is -0.239. The second-order valence-electron chi connectivity index (χ2n) is 4.19. The van der Waals surface area contributed by atoms with E-state index in [9.17, 15) is 0 Å². The van der Waals surface area contributed by atoms with E-state index < -0.39 is 0 Å². The SMILES string of the molecule is COCCOC1C(Cl)=CC(C)=CC1Cl.c1ccncc1. The molecule has 5 heteroatoms. The van der Waals surface area contributed by atoms with E-state index in [1.165, 1.54) is 0 Å². The van der Waals surface area contributed by atoms with Crippen molar-refractivity contribution in [2.24, 2.45) is 0 Å². The van der Waals surface area contributed by atoms with Gasteiger partial charge in [-0.2, -0.15) is 0 Å². The Morgan fingerprint density at radius 2 is 1.90 bits per heavy atom. The summed E-state index contributed by atoms with van der Waals surface area (Å²) in [7, 11) is 1.63. The Morgan fingerprint density at radius 3 is 2.35 bits per heavy atom. The molecular weight excluding hydrogens is 297 g/mol. The van der Waals surface area contributed by atoms with E-state index in [2.05, 4.69) is 4.98 Å². The number of halogens is 2. The molecule has 0 aliphatic heterocycles. The Hall–Kier alpha value is -0.870. The largest absolute Gasteiger partial charge is 0.382 e. The third-order valence-electron chi connectivity index (χ3n) is 2.50. The normalized spacial score (nSPS) is 21.4. The van der Waals surface area contributed by atoms with E-state index >= 15 is 0 Å². The van der Waals surface area contributed by atoms with E-state index in [0.717, 1.165) is 5.57 Å². The number of methoxy groups -OCH3 is 1. The molecule has 0 amide bonds. The average molecular weight is 316 g/mol. The van der Waals surface area contributed by atoms with E-state index in [1.54, 1.807) is 19.5 Å². The molecule has 0 bridgehead atoms. The number of allylic oxidation sites excluding steroid dienone is 2. The second-order valence-corrected chi connectivity index (χ2v) is 5.13. The van der Waals surface area contributed by atoms with Gasteiger partial charge in [0.1, 0.15) is 6.10 Å². The monoisotopic (exact) mass is 315 g/mol. The third kappa shape index (κ3) is 6.53. The van der Waals surface area contributed by atoms with Crippen molar-refractivity contribution in [3.63, 3.8) is 0 Å². The summed E-state index contributed by atoms with van der Waals surface area (Å²) in [5.74, 6) is 0. The maximum Gasteiger partial charge on any atom is 0.113 e. The first-order valence-electron chi connectivity index (χ1n) is 6.30. The van der Waals surface area contributed by atoms with Crippen LogP contribution in [-0.2, 0) is 9.47 Å². The molecule has 1 aromatic rings. The van der Waals surface area contributed by atoms with Crippen LogP contribution in [0.3, 0.4) is 0 Å². The van der Waals surface area contributed by atoms with Gasteiger partial charge in [-0.3, -0.25) is 4.98 Å².